The molecule has 2 saturated heterocycles. The summed E-state index contributed by atoms with van der Waals surface area (Å²) >= 11 is 0. The molecule has 6 rings (SSSR count). The minimum atomic E-state index is -0.916. The number of amides is 5. The smallest absolute Gasteiger partial charge is 0.334 e. The number of aromatic hydroxyl groups is 1. The van der Waals surface area contributed by atoms with Gasteiger partial charge in [-0.25, -0.2) is 14.8 Å². The third-order valence-electron chi connectivity index (χ3n) is 9.73. The van der Waals surface area contributed by atoms with E-state index < -0.39 is 18.2 Å². The number of hydrogen-bond donors (Lipinski definition) is 3. The molecule has 0 unspecified atom stereocenters. The van der Waals surface area contributed by atoms with Crippen molar-refractivity contribution in [2.75, 3.05) is 26.2 Å². The Morgan fingerprint density at radius 3 is 2.44 bits per heavy atom. The number of rotatable bonds is 12. The molecule has 0 aliphatic carbocycles. The summed E-state index contributed by atoms with van der Waals surface area (Å²) in [6.07, 6.45) is 3.71. The number of hydrogen-bond acceptors (Lipinski definition) is 6. The van der Waals surface area contributed by atoms with E-state index in [1.165, 1.54) is 0 Å². The van der Waals surface area contributed by atoms with Crippen LogP contribution in [0.1, 0.15) is 47.3 Å². The van der Waals surface area contributed by atoms with Crippen molar-refractivity contribution in [3.05, 3.63) is 114 Å². The molecule has 3 N–H and O–H groups in total. The van der Waals surface area contributed by atoms with Gasteiger partial charge in [-0.05, 0) is 41.2 Å². The molecule has 0 radical (unpaired) electrons. The van der Waals surface area contributed by atoms with E-state index in [9.17, 15) is 24.3 Å². The van der Waals surface area contributed by atoms with Gasteiger partial charge in [0.15, 0.2) is 0 Å². The Labute approximate surface area is 304 Å². The number of aryl methyl sites for hydroxylation is 1. The Bertz CT molecular complexity index is 1940. The minimum absolute atomic E-state index is 0.0619. The third kappa shape index (κ3) is 7.67. The van der Waals surface area contributed by atoms with Crippen molar-refractivity contribution < 1.29 is 24.3 Å². The fourth-order valence-corrected chi connectivity index (χ4v) is 7.19. The second kappa shape index (κ2) is 15.7. The number of phenolic OH excluding ortho intramolecular Hbond substituents is 1. The average Bonchev–Trinajstić information content (AvgIpc) is 3.47. The highest BCUT2D eigenvalue weighted by Gasteiger charge is 2.51. The fraction of sp³-hybridized carbons (Fsp3) is 0.350. The van der Waals surface area contributed by atoms with Gasteiger partial charge in [0.2, 0.25) is 11.8 Å². The van der Waals surface area contributed by atoms with Crippen LogP contribution in [0.3, 0.4) is 0 Å². The lowest BCUT2D eigenvalue weighted by molar-refractivity contribution is -0.189. The predicted molar refractivity (Wildman–Crippen MR) is 199 cm³/mol. The van der Waals surface area contributed by atoms with Crippen molar-refractivity contribution in [2.24, 2.45) is 13.0 Å². The lowest BCUT2D eigenvalue weighted by Crippen LogP contribution is -2.76. The summed E-state index contributed by atoms with van der Waals surface area (Å²) in [5, 5.41) is 20.0. The number of carbonyl (C=O) groups is 4. The number of para-hydroxylation sites is 1. The molecule has 12 nitrogen and oxygen atoms in total. The quantitative estimate of drug-likeness (QED) is 0.188. The van der Waals surface area contributed by atoms with Crippen LogP contribution in [0.4, 0.5) is 4.79 Å². The van der Waals surface area contributed by atoms with Crippen LogP contribution in [0, 0.1) is 5.92 Å². The standard InChI is InChI=1S/C40H47N7O5/c1-5-20-45-26-36(49)46-34(21-28-14-16-31(48)17-15-28)39(51)44(25-35(46)47(45)40(52)42-22-29-10-7-6-8-11-29)23-30-12-9-13-32-33(24-43(4)37(30)32)38(50)41-19-18-27(2)3/h5-17,24,27,34-35,48H,1,18-23,25-26H2,2-4H3,(H,41,50)(H,42,52)/t34-,35-/m0/s1. The molecule has 0 bridgehead atoms. The van der Waals surface area contributed by atoms with Crippen LogP contribution >= 0.6 is 0 Å². The Balaban J connectivity index is 1.35. The molecule has 5 amide bonds. The first kappa shape index (κ1) is 36.2. The zero-order chi connectivity index (χ0) is 36.9. The lowest BCUT2D eigenvalue weighted by atomic mass is 9.98. The number of aromatic nitrogens is 1. The van der Waals surface area contributed by atoms with E-state index in [1.54, 1.807) is 50.2 Å². The SMILES string of the molecule is C=CCN1CC(=O)N2[C@@H](Cc3ccc(O)cc3)C(=O)N(Cc3cccc4c(C(=O)NCCC(C)C)cn(C)c34)C[C@@H]2N1C(=O)NCc1ccccc1. The van der Waals surface area contributed by atoms with E-state index in [-0.39, 0.29) is 62.6 Å². The third-order valence-corrected chi connectivity index (χ3v) is 9.73. The Hall–Kier alpha value is -5.62. The molecule has 3 aromatic carbocycles. The van der Waals surface area contributed by atoms with Crippen LogP contribution in [-0.2, 0) is 36.1 Å². The summed E-state index contributed by atoms with van der Waals surface area (Å²) < 4.78 is 1.91. The number of nitrogens with one attached hydrogen (secondary N) is 2. The van der Waals surface area contributed by atoms with Gasteiger partial charge >= 0.3 is 6.03 Å². The average molecular weight is 706 g/mol. The van der Waals surface area contributed by atoms with E-state index in [4.69, 9.17) is 0 Å². The Morgan fingerprint density at radius 1 is 0.981 bits per heavy atom. The first-order valence-corrected chi connectivity index (χ1v) is 17.8. The van der Waals surface area contributed by atoms with E-state index >= 15 is 0 Å². The van der Waals surface area contributed by atoms with Gasteiger partial charge in [0.05, 0.1) is 24.2 Å². The first-order valence-electron chi connectivity index (χ1n) is 17.8. The van der Waals surface area contributed by atoms with Crippen molar-refractivity contribution in [3.63, 3.8) is 0 Å². The molecular weight excluding hydrogens is 658 g/mol. The van der Waals surface area contributed by atoms with E-state index in [2.05, 4.69) is 31.1 Å². The van der Waals surface area contributed by atoms with Crippen LogP contribution in [-0.4, -0.2) is 91.6 Å². The molecule has 2 atom stereocenters. The van der Waals surface area contributed by atoms with E-state index in [0.717, 1.165) is 34.0 Å². The van der Waals surface area contributed by atoms with Gasteiger partial charge in [0, 0.05) is 51.2 Å². The topological polar surface area (TPSA) is 130 Å². The summed E-state index contributed by atoms with van der Waals surface area (Å²) in [6, 6.07) is 20.6. The number of carbonyl (C=O) groups excluding carboxylic acids is 4. The molecule has 52 heavy (non-hydrogen) atoms. The Kier molecular flexibility index (Phi) is 10.9. The molecule has 0 saturated carbocycles. The zero-order valence-electron chi connectivity index (χ0n) is 30.0. The molecule has 0 spiro atoms. The summed E-state index contributed by atoms with van der Waals surface area (Å²) in [6.45, 7) is 9.34. The molecule has 272 valence electrons. The van der Waals surface area contributed by atoms with Crippen LogP contribution < -0.4 is 10.6 Å². The van der Waals surface area contributed by atoms with Gasteiger partial charge in [-0.3, -0.25) is 14.4 Å². The lowest BCUT2D eigenvalue weighted by Gasteiger charge is -2.55. The van der Waals surface area contributed by atoms with Crippen LogP contribution in [0.25, 0.3) is 10.9 Å². The Morgan fingerprint density at radius 2 is 1.73 bits per heavy atom. The maximum absolute atomic E-state index is 14.6. The van der Waals surface area contributed by atoms with Gasteiger partial charge in [0.1, 0.15) is 18.0 Å². The van der Waals surface area contributed by atoms with Crippen molar-refractivity contribution >= 4 is 34.7 Å². The number of nitrogens with zero attached hydrogens (tertiary/aromatic N) is 5. The molecule has 2 aliphatic heterocycles. The number of benzene rings is 3. The van der Waals surface area contributed by atoms with Gasteiger partial charge in [-0.2, -0.15) is 0 Å². The molecule has 2 fully saturated rings. The van der Waals surface area contributed by atoms with Crippen molar-refractivity contribution in [1.29, 1.82) is 0 Å². The number of piperazine rings is 1. The number of urea groups is 1. The maximum Gasteiger partial charge on any atom is 0.334 e. The highest BCUT2D eigenvalue weighted by molar-refractivity contribution is 6.07. The fourth-order valence-electron chi connectivity index (χ4n) is 7.19. The minimum Gasteiger partial charge on any atom is -0.508 e. The summed E-state index contributed by atoms with van der Waals surface area (Å²) in [5.74, 6) is -0.116. The zero-order valence-corrected chi connectivity index (χ0v) is 30.0. The summed E-state index contributed by atoms with van der Waals surface area (Å²) in [7, 11) is 1.88. The summed E-state index contributed by atoms with van der Waals surface area (Å²) in [5.41, 5.74) is 3.90. The van der Waals surface area contributed by atoms with E-state index in [0.29, 0.717) is 18.0 Å². The molecule has 12 heteroatoms. The largest absolute Gasteiger partial charge is 0.508 e. The van der Waals surface area contributed by atoms with Crippen molar-refractivity contribution in [2.45, 2.75) is 52.0 Å². The van der Waals surface area contributed by atoms with Gasteiger partial charge < -0.3 is 30.1 Å². The molecule has 4 aromatic rings. The van der Waals surface area contributed by atoms with Crippen molar-refractivity contribution in [3.8, 4) is 5.75 Å². The maximum atomic E-state index is 14.6. The van der Waals surface area contributed by atoms with E-state index in [1.807, 2.05) is 66.3 Å². The molecule has 1 aromatic heterocycles. The molecule has 2 aliphatic rings. The van der Waals surface area contributed by atoms with Gasteiger partial charge in [-0.1, -0.05) is 80.6 Å². The van der Waals surface area contributed by atoms with Gasteiger partial charge in [0.25, 0.3) is 5.91 Å². The monoisotopic (exact) mass is 705 g/mol. The van der Waals surface area contributed by atoms with Crippen LogP contribution in [0.2, 0.25) is 0 Å². The first-order chi connectivity index (χ1) is 25.0. The number of phenols is 1. The second-order valence-electron chi connectivity index (χ2n) is 13.9. The number of fused-ring (bicyclic) bond motifs is 2. The normalized spacial score (nSPS) is 17.8. The summed E-state index contributed by atoms with van der Waals surface area (Å²) in [4.78, 5) is 59.1. The predicted octanol–water partition coefficient (Wildman–Crippen LogP) is 4.40. The van der Waals surface area contributed by atoms with Crippen molar-refractivity contribution in [1.82, 2.24) is 35.0 Å². The highest BCUT2D eigenvalue weighted by atomic mass is 16.3. The second-order valence-corrected chi connectivity index (χ2v) is 13.9. The molecule has 3 heterocycles. The van der Waals surface area contributed by atoms with Gasteiger partial charge in [-0.15, -0.1) is 6.58 Å². The highest BCUT2D eigenvalue weighted by Crippen LogP contribution is 2.32. The number of hydrazine groups is 1. The van der Waals surface area contributed by atoms with Crippen LogP contribution in [0.5, 0.6) is 5.75 Å². The molecular formula is C40H47N7O5. The van der Waals surface area contributed by atoms with Crippen LogP contribution in [0.15, 0.2) is 91.6 Å².